The van der Waals surface area contributed by atoms with Crippen LogP contribution in [0.15, 0.2) is 18.2 Å². The number of rotatable bonds is 2. The lowest BCUT2D eigenvalue weighted by atomic mass is 10.1. The molecule has 0 aliphatic carbocycles. The summed E-state index contributed by atoms with van der Waals surface area (Å²) in [6.45, 7) is 0. The minimum absolute atomic E-state index is 0.0518. The molecule has 1 aromatic carbocycles. The first-order valence-corrected chi connectivity index (χ1v) is 7.32. The number of nitrogens with zero attached hydrogens (tertiary/aromatic N) is 1. The Hall–Kier alpha value is 0.630. The molecule has 0 amide bonds. The molecular formula is C9H5Br4N. The van der Waals surface area contributed by atoms with Crippen molar-refractivity contribution < 1.29 is 0 Å². The van der Waals surface area contributed by atoms with Gasteiger partial charge in [0, 0.05) is 0 Å². The van der Waals surface area contributed by atoms with Gasteiger partial charge >= 0.3 is 0 Å². The molecule has 1 aromatic rings. The monoisotopic (exact) mass is 443 g/mol. The normalized spacial score (nSPS) is 10.6. The molecule has 74 valence electrons. The van der Waals surface area contributed by atoms with Crippen LogP contribution in [0.1, 0.15) is 24.2 Å². The summed E-state index contributed by atoms with van der Waals surface area (Å²) in [4.78, 5) is 0. The molecular weight excluding hydrogens is 442 g/mol. The van der Waals surface area contributed by atoms with Crippen molar-refractivity contribution in [3.63, 3.8) is 0 Å². The summed E-state index contributed by atoms with van der Waals surface area (Å²) >= 11 is 13.7. The number of halogens is 4. The van der Waals surface area contributed by atoms with E-state index in [1.807, 2.05) is 12.1 Å². The van der Waals surface area contributed by atoms with E-state index in [-0.39, 0.29) is 7.47 Å². The van der Waals surface area contributed by atoms with E-state index in [0.717, 1.165) is 11.1 Å². The predicted molar refractivity (Wildman–Crippen MR) is 72.3 cm³/mol. The van der Waals surface area contributed by atoms with E-state index >= 15 is 0 Å². The lowest BCUT2D eigenvalue weighted by Crippen LogP contribution is -1.92. The van der Waals surface area contributed by atoms with Crippen LogP contribution < -0.4 is 0 Å². The van der Waals surface area contributed by atoms with E-state index in [1.165, 1.54) is 0 Å². The second-order valence-electron chi connectivity index (χ2n) is 2.56. The zero-order valence-corrected chi connectivity index (χ0v) is 13.2. The third-order valence-corrected chi connectivity index (χ3v) is 3.66. The average Bonchev–Trinajstić information content (AvgIpc) is 2.16. The molecule has 0 atom stereocenters. The Morgan fingerprint density at radius 1 is 1.00 bits per heavy atom. The molecule has 1 rings (SSSR count). The van der Waals surface area contributed by atoms with Crippen LogP contribution in [-0.2, 0) is 0 Å². The van der Waals surface area contributed by atoms with Gasteiger partial charge < -0.3 is 0 Å². The van der Waals surface area contributed by atoms with Crippen molar-refractivity contribution in [3.05, 3.63) is 34.9 Å². The maximum atomic E-state index is 8.77. The van der Waals surface area contributed by atoms with E-state index in [1.54, 1.807) is 6.07 Å². The average molecular weight is 447 g/mol. The lowest BCUT2D eigenvalue weighted by molar-refractivity contribution is 1.28. The van der Waals surface area contributed by atoms with Crippen LogP contribution in [0.25, 0.3) is 0 Å². The fourth-order valence-corrected chi connectivity index (χ4v) is 2.66. The highest BCUT2D eigenvalue weighted by Gasteiger charge is 2.14. The first kappa shape index (κ1) is 12.7. The number of hydrogen-bond acceptors (Lipinski definition) is 1. The third-order valence-electron chi connectivity index (χ3n) is 1.69. The summed E-state index contributed by atoms with van der Waals surface area (Å²) < 4.78 is 0.145. The first-order valence-electron chi connectivity index (χ1n) is 3.66. The summed E-state index contributed by atoms with van der Waals surface area (Å²) in [7, 11) is 0. The maximum absolute atomic E-state index is 8.77. The quantitative estimate of drug-likeness (QED) is 0.577. The van der Waals surface area contributed by atoms with Crippen LogP contribution in [0.2, 0.25) is 0 Å². The highest BCUT2D eigenvalue weighted by molar-refractivity contribution is 9.24. The molecule has 14 heavy (non-hydrogen) atoms. The van der Waals surface area contributed by atoms with Crippen molar-refractivity contribution in [2.75, 3.05) is 0 Å². The van der Waals surface area contributed by atoms with Gasteiger partial charge in [-0.2, -0.15) is 5.26 Å². The van der Waals surface area contributed by atoms with Gasteiger partial charge in [-0.3, -0.25) is 0 Å². The number of nitriles is 1. The number of alkyl halides is 4. The molecule has 0 aromatic heterocycles. The van der Waals surface area contributed by atoms with E-state index in [9.17, 15) is 0 Å². The van der Waals surface area contributed by atoms with Crippen molar-refractivity contribution in [2.24, 2.45) is 0 Å². The Bertz CT molecular complexity index is 368. The van der Waals surface area contributed by atoms with Crippen molar-refractivity contribution in [3.8, 4) is 6.07 Å². The van der Waals surface area contributed by atoms with Gasteiger partial charge in [0.15, 0.2) is 0 Å². The lowest BCUT2D eigenvalue weighted by Gasteiger charge is -2.11. The largest absolute Gasteiger partial charge is 0.192 e. The fraction of sp³-hybridized carbons (Fsp3) is 0.222. The van der Waals surface area contributed by atoms with Crippen molar-refractivity contribution in [2.45, 2.75) is 7.47 Å². The predicted octanol–water partition coefficient (Wildman–Crippen LogP) is 5.14. The van der Waals surface area contributed by atoms with Gasteiger partial charge in [0.25, 0.3) is 0 Å². The Balaban J connectivity index is 3.26. The highest BCUT2D eigenvalue weighted by Crippen LogP contribution is 2.39. The highest BCUT2D eigenvalue weighted by atomic mass is 79.9. The van der Waals surface area contributed by atoms with E-state index in [4.69, 9.17) is 5.26 Å². The van der Waals surface area contributed by atoms with E-state index in [0.29, 0.717) is 5.56 Å². The standard InChI is InChI=1S/C9H5Br4N/c10-8(11)6-2-1-5(4-14)3-7(6)9(12)13/h1-3,8-9H. The summed E-state index contributed by atoms with van der Waals surface area (Å²) in [6, 6.07) is 7.71. The molecule has 0 aliphatic heterocycles. The zero-order chi connectivity index (χ0) is 10.7. The van der Waals surface area contributed by atoms with Gasteiger partial charge in [0.1, 0.15) is 0 Å². The molecule has 5 heteroatoms. The van der Waals surface area contributed by atoms with E-state index < -0.39 is 0 Å². The summed E-state index contributed by atoms with van der Waals surface area (Å²) in [6.07, 6.45) is 0. The number of hydrogen-bond donors (Lipinski definition) is 0. The smallest absolute Gasteiger partial charge is 0.0991 e. The molecule has 0 N–H and O–H groups in total. The van der Waals surface area contributed by atoms with Crippen molar-refractivity contribution in [1.29, 1.82) is 5.26 Å². The molecule has 0 radical (unpaired) electrons. The molecule has 0 spiro atoms. The summed E-state index contributed by atoms with van der Waals surface area (Å²) in [5.74, 6) is 0. The van der Waals surface area contributed by atoms with Gasteiger partial charge in [0.2, 0.25) is 0 Å². The first-order chi connectivity index (χ1) is 6.56. The van der Waals surface area contributed by atoms with Crippen LogP contribution in [0.5, 0.6) is 0 Å². The SMILES string of the molecule is N#Cc1ccc(C(Br)Br)c(C(Br)Br)c1. The minimum Gasteiger partial charge on any atom is -0.192 e. The van der Waals surface area contributed by atoms with Crippen molar-refractivity contribution >= 4 is 63.7 Å². The van der Waals surface area contributed by atoms with E-state index in [2.05, 4.69) is 69.8 Å². The van der Waals surface area contributed by atoms with Crippen LogP contribution in [0.4, 0.5) is 0 Å². The van der Waals surface area contributed by atoms with Crippen molar-refractivity contribution in [1.82, 2.24) is 0 Å². The Labute approximate surface area is 116 Å². The topological polar surface area (TPSA) is 23.8 Å². The van der Waals surface area contributed by atoms with Gasteiger partial charge in [-0.1, -0.05) is 69.8 Å². The van der Waals surface area contributed by atoms with Gasteiger partial charge in [-0.15, -0.1) is 0 Å². The molecule has 1 nitrogen and oxygen atoms in total. The molecule has 0 fully saturated rings. The van der Waals surface area contributed by atoms with Gasteiger partial charge in [-0.25, -0.2) is 0 Å². The summed E-state index contributed by atoms with van der Waals surface area (Å²) in [5.41, 5.74) is 2.80. The molecule has 0 aliphatic rings. The Morgan fingerprint density at radius 3 is 2.00 bits per heavy atom. The molecule has 0 unspecified atom stereocenters. The van der Waals surface area contributed by atoms with Gasteiger partial charge in [-0.05, 0) is 23.3 Å². The second kappa shape index (κ2) is 5.64. The third kappa shape index (κ3) is 3.06. The minimum atomic E-state index is 0.0518. The van der Waals surface area contributed by atoms with Gasteiger partial charge in [0.05, 0.1) is 19.1 Å². The van der Waals surface area contributed by atoms with Crippen LogP contribution in [0.3, 0.4) is 0 Å². The van der Waals surface area contributed by atoms with Crippen LogP contribution >= 0.6 is 63.7 Å². The second-order valence-corrected chi connectivity index (χ2v) is 8.68. The zero-order valence-electron chi connectivity index (χ0n) is 6.85. The summed E-state index contributed by atoms with van der Waals surface area (Å²) in [5, 5.41) is 8.77. The Morgan fingerprint density at radius 2 is 1.57 bits per heavy atom. The fourth-order valence-electron chi connectivity index (χ4n) is 1.03. The maximum Gasteiger partial charge on any atom is 0.0991 e. The Kier molecular flexibility index (Phi) is 5.12. The molecule has 0 bridgehead atoms. The van der Waals surface area contributed by atoms with Crippen LogP contribution in [0, 0.1) is 11.3 Å². The number of benzene rings is 1. The van der Waals surface area contributed by atoms with Crippen LogP contribution in [-0.4, -0.2) is 0 Å². The molecule has 0 heterocycles. The molecule has 0 saturated carbocycles. The molecule has 0 saturated heterocycles.